The molecule has 33 heavy (non-hydrogen) atoms. The Bertz CT molecular complexity index is 1180. The quantitative estimate of drug-likeness (QED) is 0.341. The second-order valence-electron chi connectivity index (χ2n) is 8.47. The second-order valence-corrected chi connectivity index (χ2v) is 9.52. The van der Waals surface area contributed by atoms with Crippen LogP contribution in [0.3, 0.4) is 0 Å². The summed E-state index contributed by atoms with van der Waals surface area (Å²) in [4.78, 5) is 20.8. The number of amides is 1. The average molecular weight is 459 g/mol. The summed E-state index contributed by atoms with van der Waals surface area (Å²) in [6, 6.07) is 22.5. The van der Waals surface area contributed by atoms with Gasteiger partial charge < -0.3 is 9.72 Å². The summed E-state index contributed by atoms with van der Waals surface area (Å²) in [6.07, 6.45) is 4.06. The zero-order valence-corrected chi connectivity index (χ0v) is 20.2. The summed E-state index contributed by atoms with van der Waals surface area (Å²) < 4.78 is 2.03. The Morgan fingerprint density at radius 3 is 2.48 bits per heavy atom. The fraction of sp³-hybridized carbons (Fsp3) is 0.259. The molecule has 0 saturated heterocycles. The molecule has 2 heterocycles. The Hall–Kier alpha value is -3.09. The van der Waals surface area contributed by atoms with Crippen LogP contribution in [0.1, 0.15) is 41.0 Å². The molecule has 6 heteroatoms. The highest BCUT2D eigenvalue weighted by Crippen LogP contribution is 2.23. The van der Waals surface area contributed by atoms with Crippen molar-refractivity contribution in [2.24, 2.45) is 0 Å². The van der Waals surface area contributed by atoms with Gasteiger partial charge in [0.05, 0.1) is 5.69 Å². The van der Waals surface area contributed by atoms with Crippen molar-refractivity contribution in [1.82, 2.24) is 19.6 Å². The molecule has 4 rings (SSSR count). The van der Waals surface area contributed by atoms with E-state index in [9.17, 15) is 4.79 Å². The van der Waals surface area contributed by atoms with E-state index in [-0.39, 0.29) is 5.91 Å². The number of nitrogens with one attached hydrogen (secondary N) is 1. The maximum absolute atomic E-state index is 12.7. The van der Waals surface area contributed by atoms with E-state index in [0.717, 1.165) is 34.1 Å². The molecule has 2 aromatic heterocycles. The molecule has 1 amide bonds. The third-order valence-electron chi connectivity index (χ3n) is 5.78. The Labute approximate surface area is 199 Å². The Balaban J connectivity index is 1.32. The lowest BCUT2D eigenvalue weighted by Gasteiger charge is -2.22. The molecule has 2 aromatic carbocycles. The summed E-state index contributed by atoms with van der Waals surface area (Å²) in [5, 5.41) is 3.07. The van der Waals surface area contributed by atoms with E-state index in [1.54, 1.807) is 11.8 Å². The van der Waals surface area contributed by atoms with Gasteiger partial charge in [0.15, 0.2) is 0 Å². The van der Waals surface area contributed by atoms with Gasteiger partial charge in [-0.2, -0.15) is 0 Å². The molecule has 0 spiro atoms. The van der Waals surface area contributed by atoms with E-state index in [2.05, 4.69) is 60.5 Å². The second kappa shape index (κ2) is 10.7. The molecule has 170 valence electrons. The van der Waals surface area contributed by atoms with Crippen LogP contribution >= 0.6 is 11.8 Å². The SMILES string of the molecule is CC(C)N(C)Cc1ccccc1CNC(=O)c1ccc(SCc2cn3ccccc3n2)cc1. The van der Waals surface area contributed by atoms with Crippen LogP contribution in [0.5, 0.6) is 0 Å². The average Bonchev–Trinajstić information content (AvgIpc) is 3.25. The standard InChI is InChI=1S/C27H30N4OS/c1-20(2)30(3)17-23-9-5-4-8-22(23)16-28-27(32)21-11-13-25(14-12-21)33-19-24-18-31-15-7-6-10-26(31)29-24/h4-15,18,20H,16-17,19H2,1-3H3,(H,28,32). The van der Waals surface area contributed by atoms with Crippen molar-refractivity contribution >= 4 is 23.3 Å². The Morgan fingerprint density at radius 2 is 1.76 bits per heavy atom. The number of carbonyl (C=O) groups excluding carboxylic acids is 1. The van der Waals surface area contributed by atoms with Gasteiger partial charge in [-0.3, -0.25) is 9.69 Å². The van der Waals surface area contributed by atoms with Gasteiger partial charge in [0, 0.05) is 47.7 Å². The van der Waals surface area contributed by atoms with Gasteiger partial charge in [-0.1, -0.05) is 30.3 Å². The Morgan fingerprint density at radius 1 is 1.03 bits per heavy atom. The summed E-state index contributed by atoms with van der Waals surface area (Å²) in [5.41, 5.74) is 5.06. The number of thioether (sulfide) groups is 1. The molecule has 1 N–H and O–H groups in total. The van der Waals surface area contributed by atoms with Gasteiger partial charge in [-0.15, -0.1) is 11.8 Å². The molecule has 0 unspecified atom stereocenters. The van der Waals surface area contributed by atoms with Gasteiger partial charge in [0.2, 0.25) is 0 Å². The summed E-state index contributed by atoms with van der Waals surface area (Å²) in [5.74, 6) is 0.730. The predicted molar refractivity (Wildman–Crippen MR) is 135 cm³/mol. The molecule has 0 radical (unpaired) electrons. The molecule has 0 aliphatic heterocycles. The minimum Gasteiger partial charge on any atom is -0.348 e. The van der Waals surface area contributed by atoms with E-state index in [4.69, 9.17) is 0 Å². The van der Waals surface area contributed by atoms with Gasteiger partial charge in [0.1, 0.15) is 5.65 Å². The third kappa shape index (κ3) is 6.03. The predicted octanol–water partition coefficient (Wildman–Crippen LogP) is 5.40. The minimum atomic E-state index is -0.0566. The molecular weight excluding hydrogens is 428 g/mol. The highest BCUT2D eigenvalue weighted by molar-refractivity contribution is 7.98. The maximum Gasteiger partial charge on any atom is 0.251 e. The number of pyridine rings is 1. The first-order valence-corrected chi connectivity index (χ1v) is 12.2. The van der Waals surface area contributed by atoms with E-state index in [0.29, 0.717) is 18.2 Å². The van der Waals surface area contributed by atoms with Crippen LogP contribution in [0.2, 0.25) is 0 Å². The molecule has 0 aliphatic carbocycles. The first kappa shape index (κ1) is 23.1. The summed E-state index contributed by atoms with van der Waals surface area (Å²) in [6.45, 7) is 5.75. The molecule has 0 saturated carbocycles. The number of hydrogen-bond acceptors (Lipinski definition) is 4. The molecule has 0 fully saturated rings. The van der Waals surface area contributed by atoms with Crippen molar-refractivity contribution in [3.63, 3.8) is 0 Å². The van der Waals surface area contributed by atoms with Crippen molar-refractivity contribution in [2.45, 2.75) is 43.6 Å². The Kier molecular flexibility index (Phi) is 7.47. The maximum atomic E-state index is 12.7. The smallest absolute Gasteiger partial charge is 0.251 e. The number of carbonyl (C=O) groups is 1. The largest absolute Gasteiger partial charge is 0.348 e. The first-order valence-electron chi connectivity index (χ1n) is 11.2. The third-order valence-corrected chi connectivity index (χ3v) is 6.82. The number of imidazole rings is 1. The minimum absolute atomic E-state index is 0.0566. The molecule has 0 bridgehead atoms. The van der Waals surface area contributed by atoms with Crippen LogP contribution in [-0.4, -0.2) is 33.3 Å². The summed E-state index contributed by atoms with van der Waals surface area (Å²) >= 11 is 1.72. The van der Waals surface area contributed by atoms with Crippen LogP contribution in [0.15, 0.2) is 84.0 Å². The zero-order valence-electron chi connectivity index (χ0n) is 19.4. The monoisotopic (exact) mass is 458 g/mol. The lowest BCUT2D eigenvalue weighted by atomic mass is 10.1. The number of rotatable bonds is 9. The van der Waals surface area contributed by atoms with Crippen LogP contribution < -0.4 is 5.32 Å². The van der Waals surface area contributed by atoms with Gasteiger partial charge in [-0.05, 0) is 68.4 Å². The van der Waals surface area contributed by atoms with Gasteiger partial charge in [-0.25, -0.2) is 4.98 Å². The highest BCUT2D eigenvalue weighted by atomic mass is 32.2. The lowest BCUT2D eigenvalue weighted by molar-refractivity contribution is 0.0950. The number of nitrogens with zero attached hydrogens (tertiary/aromatic N) is 3. The van der Waals surface area contributed by atoms with Crippen molar-refractivity contribution in [1.29, 1.82) is 0 Å². The van der Waals surface area contributed by atoms with Crippen molar-refractivity contribution in [3.05, 3.63) is 102 Å². The fourth-order valence-corrected chi connectivity index (χ4v) is 4.31. The van der Waals surface area contributed by atoms with Crippen LogP contribution in [0.25, 0.3) is 5.65 Å². The zero-order chi connectivity index (χ0) is 23.2. The first-order chi connectivity index (χ1) is 16.0. The van der Waals surface area contributed by atoms with Crippen LogP contribution in [-0.2, 0) is 18.8 Å². The number of benzene rings is 2. The fourth-order valence-electron chi connectivity index (χ4n) is 3.53. The van der Waals surface area contributed by atoms with E-state index in [1.165, 1.54) is 5.56 Å². The molecular formula is C27H30N4OS. The molecule has 5 nitrogen and oxygen atoms in total. The van der Waals surface area contributed by atoms with Gasteiger partial charge in [0.25, 0.3) is 5.91 Å². The van der Waals surface area contributed by atoms with Crippen LogP contribution in [0.4, 0.5) is 0 Å². The highest BCUT2D eigenvalue weighted by Gasteiger charge is 2.10. The lowest BCUT2D eigenvalue weighted by Crippen LogP contribution is -2.27. The molecule has 0 atom stereocenters. The normalized spacial score (nSPS) is 11.4. The van der Waals surface area contributed by atoms with Gasteiger partial charge >= 0.3 is 0 Å². The van der Waals surface area contributed by atoms with E-state index in [1.807, 2.05) is 59.1 Å². The molecule has 4 aromatic rings. The van der Waals surface area contributed by atoms with Crippen molar-refractivity contribution < 1.29 is 4.79 Å². The summed E-state index contributed by atoms with van der Waals surface area (Å²) in [7, 11) is 2.12. The van der Waals surface area contributed by atoms with Crippen molar-refractivity contribution in [2.75, 3.05) is 7.05 Å². The van der Waals surface area contributed by atoms with Crippen LogP contribution in [0, 0.1) is 0 Å². The number of fused-ring (bicyclic) bond motifs is 1. The number of aromatic nitrogens is 2. The topological polar surface area (TPSA) is 49.6 Å². The molecule has 0 aliphatic rings. The van der Waals surface area contributed by atoms with Crippen molar-refractivity contribution in [3.8, 4) is 0 Å². The van der Waals surface area contributed by atoms with E-state index < -0.39 is 0 Å². The van der Waals surface area contributed by atoms with E-state index >= 15 is 0 Å². The number of hydrogen-bond donors (Lipinski definition) is 1.